The summed E-state index contributed by atoms with van der Waals surface area (Å²) in [4.78, 5) is 0. The molecule has 1 unspecified atom stereocenters. The predicted molar refractivity (Wildman–Crippen MR) is 73.2 cm³/mol. The van der Waals surface area contributed by atoms with E-state index in [9.17, 15) is 9.50 Å². The van der Waals surface area contributed by atoms with E-state index < -0.39 is 11.9 Å². The summed E-state index contributed by atoms with van der Waals surface area (Å²) in [7, 11) is 1.49. The van der Waals surface area contributed by atoms with Gasteiger partial charge in [-0.05, 0) is 36.8 Å². The Labute approximate surface area is 116 Å². The Balaban J connectivity index is 2.49. The van der Waals surface area contributed by atoms with Gasteiger partial charge in [0.05, 0.1) is 7.11 Å². The van der Waals surface area contributed by atoms with Gasteiger partial charge in [-0.2, -0.15) is 0 Å². The zero-order valence-electron chi connectivity index (χ0n) is 10.7. The summed E-state index contributed by atoms with van der Waals surface area (Å²) in [5.41, 5.74) is 1.44. The van der Waals surface area contributed by atoms with Crippen LogP contribution in [-0.2, 0) is 0 Å². The van der Waals surface area contributed by atoms with Crippen LogP contribution in [-0.4, -0.2) is 12.2 Å². The van der Waals surface area contributed by atoms with Gasteiger partial charge in [-0.1, -0.05) is 23.7 Å². The number of methoxy groups -OCH3 is 1. The third-order valence-electron chi connectivity index (χ3n) is 2.94. The van der Waals surface area contributed by atoms with E-state index in [1.54, 1.807) is 37.3 Å². The first-order valence-corrected chi connectivity index (χ1v) is 6.18. The minimum atomic E-state index is -1.12. The Bertz CT molecular complexity index is 599. The minimum Gasteiger partial charge on any atom is -0.496 e. The Hall–Kier alpha value is -1.58. The van der Waals surface area contributed by atoms with E-state index in [0.29, 0.717) is 16.3 Å². The first-order chi connectivity index (χ1) is 9.02. The topological polar surface area (TPSA) is 29.5 Å². The van der Waals surface area contributed by atoms with E-state index in [-0.39, 0.29) is 5.56 Å². The Kier molecular flexibility index (Phi) is 4.08. The van der Waals surface area contributed by atoms with Crippen molar-refractivity contribution in [1.82, 2.24) is 0 Å². The normalized spacial score (nSPS) is 12.3. The maximum Gasteiger partial charge on any atom is 0.129 e. The van der Waals surface area contributed by atoms with Gasteiger partial charge in [0.1, 0.15) is 17.7 Å². The first kappa shape index (κ1) is 13.8. The van der Waals surface area contributed by atoms with Gasteiger partial charge in [-0.15, -0.1) is 0 Å². The molecule has 0 heterocycles. The summed E-state index contributed by atoms with van der Waals surface area (Å²) in [6.07, 6.45) is -1.12. The molecule has 0 bridgehead atoms. The molecule has 4 heteroatoms. The lowest BCUT2D eigenvalue weighted by molar-refractivity contribution is 0.209. The van der Waals surface area contributed by atoms with Gasteiger partial charge in [0.25, 0.3) is 0 Å². The lowest BCUT2D eigenvalue weighted by atomic mass is 9.99. The van der Waals surface area contributed by atoms with Crippen LogP contribution < -0.4 is 4.74 Å². The molecule has 0 aliphatic carbocycles. The molecular weight excluding hydrogens is 267 g/mol. The standard InChI is InChI=1S/C15H14ClFO2/c1-9-3-5-11(13(17)7-9)15(18)12-8-10(16)4-6-14(12)19-2/h3-8,15,18H,1-2H3. The number of ether oxygens (including phenoxy) is 1. The highest BCUT2D eigenvalue weighted by Crippen LogP contribution is 2.33. The van der Waals surface area contributed by atoms with Crippen molar-refractivity contribution in [2.24, 2.45) is 0 Å². The van der Waals surface area contributed by atoms with Crippen molar-refractivity contribution < 1.29 is 14.2 Å². The van der Waals surface area contributed by atoms with Gasteiger partial charge in [0.15, 0.2) is 0 Å². The Morgan fingerprint density at radius 1 is 1.16 bits per heavy atom. The van der Waals surface area contributed by atoms with Crippen LogP contribution >= 0.6 is 11.6 Å². The summed E-state index contributed by atoms with van der Waals surface area (Å²) in [6, 6.07) is 9.57. The number of benzene rings is 2. The highest BCUT2D eigenvalue weighted by molar-refractivity contribution is 6.30. The lowest BCUT2D eigenvalue weighted by Gasteiger charge is -2.16. The summed E-state index contributed by atoms with van der Waals surface area (Å²) < 4.78 is 19.1. The summed E-state index contributed by atoms with van der Waals surface area (Å²) in [5.74, 6) is 0.0198. The van der Waals surface area contributed by atoms with Crippen LogP contribution in [0.15, 0.2) is 36.4 Å². The molecule has 0 fully saturated rings. The highest BCUT2D eigenvalue weighted by atomic mass is 35.5. The molecule has 2 rings (SSSR count). The SMILES string of the molecule is COc1ccc(Cl)cc1C(O)c1ccc(C)cc1F. The third-order valence-corrected chi connectivity index (χ3v) is 3.17. The van der Waals surface area contributed by atoms with Crippen molar-refractivity contribution in [2.45, 2.75) is 13.0 Å². The van der Waals surface area contributed by atoms with Crippen molar-refractivity contribution >= 4 is 11.6 Å². The van der Waals surface area contributed by atoms with Crippen LogP contribution in [0.1, 0.15) is 22.8 Å². The molecular formula is C15H14ClFO2. The Morgan fingerprint density at radius 3 is 2.53 bits per heavy atom. The van der Waals surface area contributed by atoms with Crippen LogP contribution in [0.2, 0.25) is 5.02 Å². The zero-order valence-corrected chi connectivity index (χ0v) is 11.4. The molecule has 0 saturated heterocycles. The number of aliphatic hydroxyl groups excluding tert-OH is 1. The summed E-state index contributed by atoms with van der Waals surface area (Å²) in [5, 5.41) is 10.8. The average molecular weight is 281 g/mol. The number of hydrogen-bond donors (Lipinski definition) is 1. The van der Waals surface area contributed by atoms with E-state index in [1.807, 2.05) is 0 Å². The monoisotopic (exact) mass is 280 g/mol. The van der Waals surface area contributed by atoms with Gasteiger partial charge >= 0.3 is 0 Å². The van der Waals surface area contributed by atoms with E-state index in [0.717, 1.165) is 5.56 Å². The van der Waals surface area contributed by atoms with Crippen LogP contribution in [0.3, 0.4) is 0 Å². The third kappa shape index (κ3) is 2.88. The molecule has 0 amide bonds. The van der Waals surface area contributed by atoms with Crippen molar-refractivity contribution in [3.8, 4) is 5.75 Å². The van der Waals surface area contributed by atoms with Gasteiger partial charge in [-0.3, -0.25) is 0 Å². The molecule has 1 atom stereocenters. The van der Waals surface area contributed by atoms with Gasteiger partial charge in [0.2, 0.25) is 0 Å². The quantitative estimate of drug-likeness (QED) is 0.924. The largest absolute Gasteiger partial charge is 0.496 e. The molecule has 2 nitrogen and oxygen atoms in total. The average Bonchev–Trinajstić information content (AvgIpc) is 2.38. The molecule has 0 aromatic heterocycles. The maximum atomic E-state index is 13.9. The number of aliphatic hydroxyl groups is 1. The molecule has 1 N–H and O–H groups in total. The van der Waals surface area contributed by atoms with Crippen molar-refractivity contribution in [2.75, 3.05) is 7.11 Å². The molecule has 0 radical (unpaired) electrons. The maximum absolute atomic E-state index is 13.9. The molecule has 0 saturated carbocycles. The number of rotatable bonds is 3. The van der Waals surface area contributed by atoms with Gasteiger partial charge < -0.3 is 9.84 Å². The van der Waals surface area contributed by atoms with Crippen molar-refractivity contribution in [3.63, 3.8) is 0 Å². The lowest BCUT2D eigenvalue weighted by Crippen LogP contribution is -2.05. The van der Waals surface area contributed by atoms with Crippen LogP contribution in [0.5, 0.6) is 5.75 Å². The van der Waals surface area contributed by atoms with Crippen molar-refractivity contribution in [3.05, 3.63) is 63.9 Å². The second-order valence-corrected chi connectivity index (χ2v) is 4.75. The number of aryl methyl sites for hydroxylation is 1. The van der Waals surface area contributed by atoms with Crippen LogP contribution in [0.4, 0.5) is 4.39 Å². The minimum absolute atomic E-state index is 0.200. The fourth-order valence-electron chi connectivity index (χ4n) is 1.94. The Morgan fingerprint density at radius 2 is 1.89 bits per heavy atom. The summed E-state index contributed by atoms with van der Waals surface area (Å²) in [6.45, 7) is 1.79. The molecule has 2 aromatic rings. The molecule has 0 spiro atoms. The van der Waals surface area contributed by atoms with E-state index in [2.05, 4.69) is 0 Å². The highest BCUT2D eigenvalue weighted by Gasteiger charge is 2.19. The van der Waals surface area contributed by atoms with Gasteiger partial charge in [-0.25, -0.2) is 4.39 Å². The van der Waals surface area contributed by atoms with Crippen LogP contribution in [0.25, 0.3) is 0 Å². The molecule has 0 aliphatic heterocycles. The van der Waals surface area contributed by atoms with Crippen molar-refractivity contribution in [1.29, 1.82) is 0 Å². The second kappa shape index (κ2) is 5.59. The predicted octanol–water partition coefficient (Wildman–Crippen LogP) is 3.88. The molecule has 100 valence electrons. The fourth-order valence-corrected chi connectivity index (χ4v) is 2.12. The number of halogens is 2. The summed E-state index contributed by atoms with van der Waals surface area (Å²) >= 11 is 5.91. The first-order valence-electron chi connectivity index (χ1n) is 5.80. The van der Waals surface area contributed by atoms with E-state index >= 15 is 0 Å². The van der Waals surface area contributed by atoms with E-state index in [1.165, 1.54) is 13.2 Å². The smallest absolute Gasteiger partial charge is 0.129 e. The van der Waals surface area contributed by atoms with E-state index in [4.69, 9.17) is 16.3 Å². The van der Waals surface area contributed by atoms with Gasteiger partial charge in [0, 0.05) is 16.1 Å². The molecule has 2 aromatic carbocycles. The second-order valence-electron chi connectivity index (χ2n) is 4.31. The molecule has 0 aliphatic rings. The molecule has 19 heavy (non-hydrogen) atoms. The zero-order chi connectivity index (χ0) is 14.0. The van der Waals surface area contributed by atoms with Crippen LogP contribution in [0, 0.1) is 12.7 Å². The number of hydrogen-bond acceptors (Lipinski definition) is 2. The fraction of sp³-hybridized carbons (Fsp3) is 0.200.